The molecule has 1 aliphatic heterocycles. The molecule has 0 radical (unpaired) electrons. The minimum Gasteiger partial charge on any atom is -0.467 e. The largest absolute Gasteiger partial charge is 0.467 e. The molecule has 1 saturated heterocycles. The summed E-state index contributed by atoms with van der Waals surface area (Å²) in [4.78, 5) is 31.0. The Hall–Kier alpha value is -2.77. The second kappa shape index (κ2) is 8.93. The summed E-state index contributed by atoms with van der Waals surface area (Å²) < 4.78 is 7.32. The molecule has 3 aromatic heterocycles. The van der Waals surface area contributed by atoms with Crippen molar-refractivity contribution in [1.82, 2.24) is 19.8 Å². The molecule has 30 heavy (non-hydrogen) atoms. The average Bonchev–Trinajstić information content (AvgIpc) is 2.74. The number of aryl methyl sites for hydroxylation is 2. The van der Waals surface area contributed by atoms with E-state index in [9.17, 15) is 9.59 Å². The molecule has 3 aromatic rings. The van der Waals surface area contributed by atoms with Gasteiger partial charge in [-0.1, -0.05) is 0 Å². The summed E-state index contributed by atoms with van der Waals surface area (Å²) in [5.74, 6) is 0.673. The van der Waals surface area contributed by atoms with Crippen molar-refractivity contribution in [2.24, 2.45) is 0 Å². The summed E-state index contributed by atoms with van der Waals surface area (Å²) >= 11 is 0. The van der Waals surface area contributed by atoms with Gasteiger partial charge in [-0.2, -0.15) is 0 Å². The van der Waals surface area contributed by atoms with Crippen molar-refractivity contribution in [2.75, 3.05) is 19.6 Å². The fraction of sp³-hybridized carbons (Fsp3) is 0.435. The van der Waals surface area contributed by atoms with Crippen LogP contribution in [-0.2, 0) is 13.1 Å². The lowest BCUT2D eigenvalue weighted by atomic mass is 10.0. The van der Waals surface area contributed by atoms with Gasteiger partial charge >= 0.3 is 0 Å². The first-order chi connectivity index (χ1) is 14.5. The molecular weight excluding hydrogens is 380 g/mol. The van der Waals surface area contributed by atoms with E-state index in [-0.39, 0.29) is 11.0 Å². The predicted molar refractivity (Wildman–Crippen MR) is 117 cm³/mol. The number of nitrogens with one attached hydrogen (secondary N) is 1. The van der Waals surface area contributed by atoms with Crippen LogP contribution in [0.2, 0.25) is 0 Å². The molecule has 1 fully saturated rings. The van der Waals surface area contributed by atoms with Gasteiger partial charge in [-0.3, -0.25) is 14.6 Å². The van der Waals surface area contributed by atoms with Crippen molar-refractivity contribution in [1.29, 1.82) is 0 Å². The molecule has 0 saturated carbocycles. The number of nitrogens with zero attached hydrogens (tertiary/aromatic N) is 3. The molecule has 7 heteroatoms. The van der Waals surface area contributed by atoms with E-state index in [1.165, 1.54) is 6.26 Å². The van der Waals surface area contributed by atoms with E-state index in [1.807, 2.05) is 23.8 Å². The molecular formula is C23H28N4O3. The van der Waals surface area contributed by atoms with Crippen LogP contribution in [0.3, 0.4) is 0 Å². The fourth-order valence-corrected chi connectivity index (χ4v) is 3.95. The fourth-order valence-electron chi connectivity index (χ4n) is 3.95. The average molecular weight is 409 g/mol. The third-order valence-electron chi connectivity index (χ3n) is 5.83. The van der Waals surface area contributed by atoms with Crippen molar-refractivity contribution in [3.05, 3.63) is 74.2 Å². The third-order valence-corrected chi connectivity index (χ3v) is 5.83. The van der Waals surface area contributed by atoms with Crippen LogP contribution in [0, 0.1) is 13.8 Å². The van der Waals surface area contributed by atoms with Gasteiger partial charge in [0.25, 0.3) is 5.56 Å². The zero-order chi connectivity index (χ0) is 21.1. The smallest absolute Gasteiger partial charge is 0.251 e. The topological polar surface area (TPSA) is 80.4 Å². The normalized spacial score (nSPS) is 15.7. The van der Waals surface area contributed by atoms with Crippen LogP contribution >= 0.6 is 0 Å². The van der Waals surface area contributed by atoms with Crippen LogP contribution in [0.15, 0.2) is 50.7 Å². The molecule has 0 unspecified atom stereocenters. The lowest BCUT2D eigenvalue weighted by molar-refractivity contribution is 0.190. The van der Waals surface area contributed by atoms with Crippen molar-refractivity contribution in [3.8, 4) is 0 Å². The van der Waals surface area contributed by atoms with Gasteiger partial charge in [0.05, 0.1) is 23.8 Å². The molecule has 7 nitrogen and oxygen atoms in total. The van der Waals surface area contributed by atoms with E-state index in [0.29, 0.717) is 30.5 Å². The zero-order valence-electron chi connectivity index (χ0n) is 17.6. The summed E-state index contributed by atoms with van der Waals surface area (Å²) in [5, 5.41) is 3.50. The lowest BCUT2D eigenvalue weighted by Crippen LogP contribution is -2.43. The molecule has 4 rings (SSSR count). The van der Waals surface area contributed by atoms with E-state index in [2.05, 4.69) is 15.2 Å². The summed E-state index contributed by atoms with van der Waals surface area (Å²) in [7, 11) is 0. The highest BCUT2D eigenvalue weighted by atomic mass is 16.3. The van der Waals surface area contributed by atoms with Gasteiger partial charge in [0.2, 0.25) is 0 Å². The monoisotopic (exact) mass is 408 g/mol. The Labute approximate surface area is 175 Å². The Balaban J connectivity index is 1.30. The second-order valence-electron chi connectivity index (χ2n) is 8.13. The van der Waals surface area contributed by atoms with Gasteiger partial charge in [-0.05, 0) is 57.5 Å². The first kappa shape index (κ1) is 20.5. The third kappa shape index (κ3) is 4.68. The minimum atomic E-state index is 0.0157. The first-order valence-electron chi connectivity index (χ1n) is 10.5. The van der Waals surface area contributed by atoms with Gasteiger partial charge in [0.15, 0.2) is 5.43 Å². The van der Waals surface area contributed by atoms with Crippen LogP contribution in [-0.4, -0.2) is 40.1 Å². The molecule has 158 valence electrons. The maximum Gasteiger partial charge on any atom is 0.251 e. The second-order valence-corrected chi connectivity index (χ2v) is 8.13. The lowest BCUT2D eigenvalue weighted by Gasteiger charge is -2.32. The van der Waals surface area contributed by atoms with Gasteiger partial charge in [-0.25, -0.2) is 0 Å². The minimum absolute atomic E-state index is 0.0157. The Kier molecular flexibility index (Phi) is 6.11. The van der Waals surface area contributed by atoms with E-state index >= 15 is 0 Å². The maximum absolute atomic E-state index is 12.4. The van der Waals surface area contributed by atoms with E-state index < -0.39 is 0 Å². The number of hydrogen-bond donors (Lipinski definition) is 1. The van der Waals surface area contributed by atoms with Crippen molar-refractivity contribution in [2.45, 2.75) is 45.8 Å². The number of aromatic nitrogens is 2. The summed E-state index contributed by atoms with van der Waals surface area (Å²) in [5.41, 5.74) is 3.47. The zero-order valence-corrected chi connectivity index (χ0v) is 17.6. The highest BCUT2D eigenvalue weighted by Gasteiger charge is 2.19. The van der Waals surface area contributed by atoms with Gasteiger partial charge < -0.3 is 19.2 Å². The highest BCUT2D eigenvalue weighted by molar-refractivity contribution is 5.74. The number of fused-ring (bicyclic) bond motifs is 1. The first-order valence-corrected chi connectivity index (χ1v) is 10.5. The van der Waals surface area contributed by atoms with Gasteiger partial charge in [0.1, 0.15) is 5.76 Å². The summed E-state index contributed by atoms with van der Waals surface area (Å²) in [6.07, 6.45) is 5.41. The number of hydrogen-bond acceptors (Lipinski definition) is 6. The Morgan fingerprint density at radius 3 is 2.70 bits per heavy atom. The van der Waals surface area contributed by atoms with Crippen LogP contribution < -0.4 is 16.3 Å². The number of rotatable bonds is 6. The molecule has 0 amide bonds. The van der Waals surface area contributed by atoms with E-state index in [4.69, 9.17) is 4.42 Å². The standard InChI is InChI=1S/C23H28N4O3/c1-16-11-21-20(25-13-16)3-4-23(29)27(21)10-9-26-7-5-18(6-8-26)24-14-19-12-22(28)17(2)15-30-19/h3-4,11-13,15,18,24H,5-10,14H2,1-2H3. The van der Waals surface area contributed by atoms with Crippen LogP contribution in [0.1, 0.15) is 29.7 Å². The van der Waals surface area contributed by atoms with Crippen molar-refractivity contribution < 1.29 is 4.42 Å². The molecule has 0 bridgehead atoms. The number of piperidine rings is 1. The molecule has 4 heterocycles. The number of likely N-dealkylation sites (tertiary alicyclic amines) is 1. The molecule has 0 aromatic carbocycles. The molecule has 1 N–H and O–H groups in total. The SMILES string of the molecule is Cc1cnc2ccc(=O)n(CCN3CCC(NCc4cc(=O)c(C)co4)CC3)c2c1. The maximum atomic E-state index is 12.4. The Morgan fingerprint density at radius 1 is 1.13 bits per heavy atom. The highest BCUT2D eigenvalue weighted by Crippen LogP contribution is 2.14. The summed E-state index contributed by atoms with van der Waals surface area (Å²) in [6, 6.07) is 7.39. The Bertz CT molecular complexity index is 1140. The van der Waals surface area contributed by atoms with Crippen molar-refractivity contribution in [3.63, 3.8) is 0 Å². The molecule has 0 spiro atoms. The van der Waals surface area contributed by atoms with E-state index in [1.54, 1.807) is 25.1 Å². The van der Waals surface area contributed by atoms with Gasteiger partial charge in [0, 0.05) is 43.0 Å². The summed E-state index contributed by atoms with van der Waals surface area (Å²) in [6.45, 7) is 7.77. The van der Waals surface area contributed by atoms with Crippen LogP contribution in [0.25, 0.3) is 11.0 Å². The molecule has 0 atom stereocenters. The van der Waals surface area contributed by atoms with Gasteiger partial charge in [-0.15, -0.1) is 0 Å². The van der Waals surface area contributed by atoms with E-state index in [0.717, 1.165) is 49.1 Å². The molecule has 1 aliphatic rings. The quantitative estimate of drug-likeness (QED) is 0.674. The predicted octanol–water partition coefficient (Wildman–Crippen LogP) is 2.22. The number of pyridine rings is 2. The van der Waals surface area contributed by atoms with Crippen LogP contribution in [0.4, 0.5) is 0 Å². The van der Waals surface area contributed by atoms with Crippen molar-refractivity contribution >= 4 is 11.0 Å². The molecule has 0 aliphatic carbocycles. The Morgan fingerprint density at radius 2 is 1.93 bits per heavy atom. The van der Waals surface area contributed by atoms with Crippen LogP contribution in [0.5, 0.6) is 0 Å².